The zero-order chi connectivity index (χ0) is 19.6. The van der Waals surface area contributed by atoms with E-state index in [1.165, 1.54) is 4.88 Å². The topological polar surface area (TPSA) is 70.7 Å². The van der Waals surface area contributed by atoms with Gasteiger partial charge in [0.1, 0.15) is 13.2 Å². The Hall–Kier alpha value is -2.84. The summed E-state index contributed by atoms with van der Waals surface area (Å²) in [4.78, 5) is 18.8. The first-order valence-corrected chi connectivity index (χ1v) is 10.6. The lowest BCUT2D eigenvalue weighted by molar-refractivity contribution is 0.0630. The lowest BCUT2D eigenvalue weighted by Crippen LogP contribution is -2.48. The van der Waals surface area contributed by atoms with E-state index < -0.39 is 0 Å². The summed E-state index contributed by atoms with van der Waals surface area (Å²) in [6.45, 7) is 5.22. The predicted octanol–water partition coefficient (Wildman–Crippen LogP) is 2.87. The van der Waals surface area contributed by atoms with Crippen molar-refractivity contribution in [3.05, 3.63) is 52.3 Å². The second-order valence-electron chi connectivity index (χ2n) is 7.16. The summed E-state index contributed by atoms with van der Waals surface area (Å²) in [6, 6.07) is 9.95. The standard InChI is InChI=1S/C21H22N4O3S/c26-21(25-7-5-24(6-8-25)14-16-2-1-11-29-16)17-13-22-23-20(17)15-3-4-18-19(12-15)28-10-9-27-18/h1-4,11-13H,5-10,14H2,(H,22,23). The van der Waals surface area contributed by atoms with Gasteiger partial charge in [-0.25, -0.2) is 0 Å². The normalized spacial score (nSPS) is 16.8. The number of fused-ring (bicyclic) bond motifs is 1. The van der Waals surface area contributed by atoms with Gasteiger partial charge in [0.15, 0.2) is 11.5 Å². The third-order valence-electron chi connectivity index (χ3n) is 5.32. The highest BCUT2D eigenvalue weighted by Crippen LogP contribution is 2.35. The molecule has 0 spiro atoms. The van der Waals surface area contributed by atoms with Crippen molar-refractivity contribution in [3.8, 4) is 22.8 Å². The summed E-state index contributed by atoms with van der Waals surface area (Å²) < 4.78 is 11.3. The van der Waals surface area contributed by atoms with E-state index in [9.17, 15) is 4.79 Å². The molecule has 8 heteroatoms. The number of H-pyrrole nitrogens is 1. The Kier molecular flexibility index (Phi) is 4.95. The van der Waals surface area contributed by atoms with E-state index in [0.29, 0.717) is 30.2 Å². The van der Waals surface area contributed by atoms with E-state index >= 15 is 0 Å². The smallest absolute Gasteiger partial charge is 0.257 e. The molecule has 7 nitrogen and oxygen atoms in total. The zero-order valence-corrected chi connectivity index (χ0v) is 16.8. The lowest BCUT2D eigenvalue weighted by Gasteiger charge is -2.34. The van der Waals surface area contributed by atoms with Crippen LogP contribution in [-0.2, 0) is 6.54 Å². The number of hydrogen-bond donors (Lipinski definition) is 1. The number of rotatable bonds is 4. The van der Waals surface area contributed by atoms with Gasteiger partial charge in [0.05, 0.1) is 17.5 Å². The fourth-order valence-corrected chi connectivity index (χ4v) is 4.52. The molecule has 0 saturated carbocycles. The van der Waals surface area contributed by atoms with Gasteiger partial charge in [-0.1, -0.05) is 6.07 Å². The summed E-state index contributed by atoms with van der Waals surface area (Å²) in [5.74, 6) is 1.44. The average Bonchev–Trinajstić information content (AvgIpc) is 3.45. The molecule has 1 fully saturated rings. The third kappa shape index (κ3) is 3.73. The largest absolute Gasteiger partial charge is 0.486 e. The van der Waals surface area contributed by atoms with Crippen LogP contribution in [0.25, 0.3) is 11.3 Å². The van der Waals surface area contributed by atoms with E-state index in [2.05, 4.69) is 32.6 Å². The number of carbonyl (C=O) groups is 1. The van der Waals surface area contributed by atoms with Crippen LogP contribution in [0.15, 0.2) is 41.9 Å². The summed E-state index contributed by atoms with van der Waals surface area (Å²) in [7, 11) is 0. The van der Waals surface area contributed by atoms with E-state index in [1.54, 1.807) is 17.5 Å². The molecule has 1 saturated heterocycles. The lowest BCUT2D eigenvalue weighted by atomic mass is 10.1. The monoisotopic (exact) mass is 410 g/mol. The van der Waals surface area contributed by atoms with Crippen LogP contribution in [0.2, 0.25) is 0 Å². The second-order valence-corrected chi connectivity index (χ2v) is 8.20. The van der Waals surface area contributed by atoms with Crippen LogP contribution >= 0.6 is 11.3 Å². The maximum Gasteiger partial charge on any atom is 0.257 e. The van der Waals surface area contributed by atoms with Gasteiger partial charge >= 0.3 is 0 Å². The number of nitrogens with zero attached hydrogens (tertiary/aromatic N) is 3. The molecule has 3 aromatic rings. The van der Waals surface area contributed by atoms with E-state index in [-0.39, 0.29) is 5.91 Å². The number of aromatic amines is 1. The highest BCUT2D eigenvalue weighted by atomic mass is 32.1. The highest BCUT2D eigenvalue weighted by Gasteiger charge is 2.26. The van der Waals surface area contributed by atoms with Crippen LogP contribution in [0.5, 0.6) is 11.5 Å². The van der Waals surface area contributed by atoms with Gasteiger partial charge in [-0.3, -0.25) is 14.8 Å². The molecule has 2 aliphatic heterocycles. The number of thiophene rings is 1. The molecule has 1 aromatic carbocycles. The van der Waals surface area contributed by atoms with E-state index in [0.717, 1.165) is 44.0 Å². The minimum absolute atomic E-state index is 0.0133. The van der Waals surface area contributed by atoms with Gasteiger partial charge < -0.3 is 14.4 Å². The Bertz CT molecular complexity index is 993. The van der Waals surface area contributed by atoms with Gasteiger partial charge in [0.2, 0.25) is 0 Å². The summed E-state index contributed by atoms with van der Waals surface area (Å²) in [6.07, 6.45) is 1.62. The number of piperazine rings is 1. The van der Waals surface area contributed by atoms with Crippen molar-refractivity contribution in [3.63, 3.8) is 0 Å². The number of aromatic nitrogens is 2. The van der Waals surface area contributed by atoms with Gasteiger partial charge in [0.25, 0.3) is 5.91 Å². The first-order valence-electron chi connectivity index (χ1n) is 9.75. The molecule has 4 heterocycles. The maximum atomic E-state index is 13.2. The maximum absolute atomic E-state index is 13.2. The van der Waals surface area contributed by atoms with Crippen molar-refractivity contribution in [2.24, 2.45) is 0 Å². The van der Waals surface area contributed by atoms with Crippen LogP contribution in [-0.4, -0.2) is 65.3 Å². The highest BCUT2D eigenvalue weighted by molar-refractivity contribution is 7.09. The first kappa shape index (κ1) is 18.2. The number of ether oxygens (including phenoxy) is 2. The van der Waals surface area contributed by atoms with Gasteiger partial charge in [-0.05, 0) is 29.6 Å². The zero-order valence-electron chi connectivity index (χ0n) is 16.0. The minimum Gasteiger partial charge on any atom is -0.486 e. The molecule has 150 valence electrons. The predicted molar refractivity (Wildman–Crippen MR) is 111 cm³/mol. The first-order chi connectivity index (χ1) is 14.3. The van der Waals surface area contributed by atoms with Crippen molar-refractivity contribution in [1.82, 2.24) is 20.0 Å². The Morgan fingerprint density at radius 1 is 1.10 bits per heavy atom. The molecule has 2 aromatic heterocycles. The molecule has 1 N–H and O–H groups in total. The van der Waals surface area contributed by atoms with E-state index in [4.69, 9.17) is 9.47 Å². The molecular weight excluding hydrogens is 388 g/mol. The SMILES string of the molecule is O=C(c1cn[nH]c1-c1ccc2c(c1)OCCO2)N1CCN(Cc2cccs2)CC1. The number of nitrogens with one attached hydrogen (secondary N) is 1. The Morgan fingerprint density at radius 3 is 2.72 bits per heavy atom. The van der Waals surface area contributed by atoms with Gasteiger partial charge in [-0.15, -0.1) is 11.3 Å². The molecule has 0 atom stereocenters. The van der Waals surface area contributed by atoms with Gasteiger partial charge in [-0.2, -0.15) is 5.10 Å². The number of carbonyl (C=O) groups excluding carboxylic acids is 1. The molecule has 1 amide bonds. The van der Waals surface area contributed by atoms with Crippen LogP contribution in [0, 0.1) is 0 Å². The molecule has 29 heavy (non-hydrogen) atoms. The van der Waals surface area contributed by atoms with Crippen LogP contribution < -0.4 is 9.47 Å². The van der Waals surface area contributed by atoms with Gasteiger partial charge in [0, 0.05) is 43.2 Å². The fourth-order valence-electron chi connectivity index (χ4n) is 3.77. The molecule has 5 rings (SSSR count). The van der Waals surface area contributed by atoms with Crippen molar-refractivity contribution >= 4 is 17.2 Å². The van der Waals surface area contributed by atoms with Crippen LogP contribution in [0.4, 0.5) is 0 Å². The summed E-state index contributed by atoms with van der Waals surface area (Å²) in [5.41, 5.74) is 2.17. The quantitative estimate of drug-likeness (QED) is 0.716. The van der Waals surface area contributed by atoms with Crippen molar-refractivity contribution in [2.45, 2.75) is 6.54 Å². The number of hydrogen-bond acceptors (Lipinski definition) is 6. The fraction of sp³-hybridized carbons (Fsp3) is 0.333. The van der Waals surface area contributed by atoms with Crippen LogP contribution in [0.3, 0.4) is 0 Å². The van der Waals surface area contributed by atoms with Crippen LogP contribution in [0.1, 0.15) is 15.2 Å². The molecule has 0 aliphatic carbocycles. The summed E-state index contributed by atoms with van der Waals surface area (Å²) >= 11 is 1.78. The Balaban J connectivity index is 1.29. The average molecular weight is 410 g/mol. The number of amides is 1. The van der Waals surface area contributed by atoms with Crippen molar-refractivity contribution in [1.29, 1.82) is 0 Å². The molecule has 0 unspecified atom stereocenters. The molecule has 2 aliphatic rings. The Labute approximate surface area is 172 Å². The minimum atomic E-state index is 0.0133. The molecule has 0 radical (unpaired) electrons. The molecule has 0 bridgehead atoms. The third-order valence-corrected chi connectivity index (χ3v) is 6.18. The second kappa shape index (κ2) is 7.88. The molecular formula is C21H22N4O3S. The summed E-state index contributed by atoms with van der Waals surface area (Å²) in [5, 5.41) is 9.23. The van der Waals surface area contributed by atoms with Crippen molar-refractivity contribution < 1.29 is 14.3 Å². The van der Waals surface area contributed by atoms with E-state index in [1.807, 2.05) is 23.1 Å². The Morgan fingerprint density at radius 2 is 1.93 bits per heavy atom. The van der Waals surface area contributed by atoms with Crippen molar-refractivity contribution in [2.75, 3.05) is 39.4 Å². The number of benzene rings is 1.